The number of benzene rings is 1. The lowest BCUT2D eigenvalue weighted by Crippen LogP contribution is -2.38. The van der Waals surface area contributed by atoms with Crippen LogP contribution in [0.2, 0.25) is 0 Å². The number of nitrogen functional groups attached to an aromatic ring is 1. The Morgan fingerprint density at radius 1 is 1.47 bits per heavy atom. The standard InChI is InChI=1S/C14H19FN2OS/c1-19-14(6-2-3-7-14)9-17-13(18)10-4-5-11(15)12(16)8-10/h4-5,8H,2-3,6-7,9,16H2,1H3,(H,17,18). The number of carbonyl (C=O) groups excluding carboxylic acids is 1. The molecule has 0 aliphatic heterocycles. The number of nitrogens with one attached hydrogen (secondary N) is 1. The van der Waals surface area contributed by atoms with Crippen molar-refractivity contribution in [2.45, 2.75) is 30.4 Å². The molecule has 1 aromatic carbocycles. The lowest BCUT2D eigenvalue weighted by Gasteiger charge is -2.26. The van der Waals surface area contributed by atoms with Crippen LogP contribution in [0.5, 0.6) is 0 Å². The molecule has 3 N–H and O–H groups in total. The number of carbonyl (C=O) groups is 1. The molecule has 0 unspecified atom stereocenters. The molecule has 0 saturated heterocycles. The van der Waals surface area contributed by atoms with E-state index in [0.717, 1.165) is 12.8 Å². The number of nitrogens with two attached hydrogens (primary N) is 1. The molecule has 0 spiro atoms. The Hall–Kier alpha value is -1.23. The van der Waals surface area contributed by atoms with Crippen LogP contribution >= 0.6 is 11.8 Å². The summed E-state index contributed by atoms with van der Waals surface area (Å²) in [5.74, 6) is -0.681. The fourth-order valence-corrected chi connectivity index (χ4v) is 3.41. The Bertz CT molecular complexity index is 473. The van der Waals surface area contributed by atoms with Crippen LogP contribution in [-0.4, -0.2) is 23.5 Å². The Morgan fingerprint density at radius 2 is 2.16 bits per heavy atom. The fraction of sp³-hybridized carbons (Fsp3) is 0.500. The van der Waals surface area contributed by atoms with Crippen LogP contribution in [0.4, 0.5) is 10.1 Å². The van der Waals surface area contributed by atoms with Crippen LogP contribution in [0, 0.1) is 5.82 Å². The van der Waals surface area contributed by atoms with Gasteiger partial charge < -0.3 is 11.1 Å². The Labute approximate surface area is 117 Å². The van der Waals surface area contributed by atoms with Gasteiger partial charge in [0.1, 0.15) is 5.82 Å². The highest BCUT2D eigenvalue weighted by molar-refractivity contribution is 8.00. The molecule has 0 heterocycles. The SMILES string of the molecule is CSC1(CNC(=O)c2ccc(F)c(N)c2)CCCC1. The van der Waals surface area contributed by atoms with Gasteiger partial charge in [-0.1, -0.05) is 12.8 Å². The predicted octanol–water partition coefficient (Wildman–Crippen LogP) is 2.81. The highest BCUT2D eigenvalue weighted by Gasteiger charge is 2.33. The zero-order valence-electron chi connectivity index (χ0n) is 11.0. The third kappa shape index (κ3) is 3.21. The van der Waals surface area contributed by atoms with Gasteiger partial charge in [-0.2, -0.15) is 11.8 Å². The van der Waals surface area contributed by atoms with Crippen molar-refractivity contribution < 1.29 is 9.18 Å². The van der Waals surface area contributed by atoms with E-state index in [-0.39, 0.29) is 16.3 Å². The summed E-state index contributed by atoms with van der Waals surface area (Å²) in [7, 11) is 0. The molecule has 1 amide bonds. The monoisotopic (exact) mass is 282 g/mol. The smallest absolute Gasteiger partial charge is 0.251 e. The van der Waals surface area contributed by atoms with Gasteiger partial charge in [0.25, 0.3) is 5.91 Å². The maximum atomic E-state index is 13.0. The zero-order valence-corrected chi connectivity index (χ0v) is 11.9. The van der Waals surface area contributed by atoms with Crippen molar-refractivity contribution in [2.75, 3.05) is 18.5 Å². The molecule has 1 saturated carbocycles. The van der Waals surface area contributed by atoms with E-state index in [1.807, 2.05) is 11.8 Å². The molecule has 1 fully saturated rings. The van der Waals surface area contributed by atoms with E-state index < -0.39 is 5.82 Å². The van der Waals surface area contributed by atoms with Crippen LogP contribution in [0.25, 0.3) is 0 Å². The highest BCUT2D eigenvalue weighted by atomic mass is 32.2. The van der Waals surface area contributed by atoms with Gasteiger partial charge in [-0.25, -0.2) is 4.39 Å². The first-order chi connectivity index (χ1) is 9.06. The van der Waals surface area contributed by atoms with Crippen molar-refractivity contribution in [2.24, 2.45) is 0 Å². The van der Waals surface area contributed by atoms with Crippen LogP contribution in [-0.2, 0) is 0 Å². The molecule has 0 atom stereocenters. The van der Waals surface area contributed by atoms with Crippen LogP contribution in [0.15, 0.2) is 18.2 Å². The summed E-state index contributed by atoms with van der Waals surface area (Å²) in [4.78, 5) is 12.0. The zero-order chi connectivity index (χ0) is 13.9. The summed E-state index contributed by atoms with van der Waals surface area (Å²) in [6.45, 7) is 0.657. The summed E-state index contributed by atoms with van der Waals surface area (Å²) in [6, 6.07) is 4.07. The summed E-state index contributed by atoms with van der Waals surface area (Å²) in [5.41, 5.74) is 5.89. The first-order valence-corrected chi connectivity index (χ1v) is 7.67. The molecule has 5 heteroatoms. The van der Waals surface area contributed by atoms with Crippen LogP contribution in [0.1, 0.15) is 36.0 Å². The number of halogens is 1. The first kappa shape index (κ1) is 14.2. The van der Waals surface area contributed by atoms with Crippen molar-refractivity contribution in [1.82, 2.24) is 5.32 Å². The van der Waals surface area contributed by atoms with E-state index >= 15 is 0 Å². The first-order valence-electron chi connectivity index (χ1n) is 6.45. The van der Waals surface area contributed by atoms with Gasteiger partial charge in [-0.05, 0) is 37.3 Å². The third-order valence-corrected chi connectivity index (χ3v) is 5.20. The molecule has 2 rings (SSSR count). The van der Waals surface area contributed by atoms with E-state index in [2.05, 4.69) is 11.6 Å². The second-order valence-electron chi connectivity index (χ2n) is 5.01. The van der Waals surface area contributed by atoms with E-state index in [9.17, 15) is 9.18 Å². The van der Waals surface area contributed by atoms with Gasteiger partial charge >= 0.3 is 0 Å². The highest BCUT2D eigenvalue weighted by Crippen LogP contribution is 2.39. The Morgan fingerprint density at radius 3 is 2.74 bits per heavy atom. The van der Waals surface area contributed by atoms with Crippen molar-refractivity contribution >= 4 is 23.4 Å². The molecule has 0 bridgehead atoms. The number of thioether (sulfide) groups is 1. The van der Waals surface area contributed by atoms with Crippen LogP contribution < -0.4 is 11.1 Å². The Balaban J connectivity index is 1.99. The number of hydrogen-bond donors (Lipinski definition) is 2. The van der Waals surface area contributed by atoms with Crippen molar-refractivity contribution in [3.63, 3.8) is 0 Å². The van der Waals surface area contributed by atoms with Gasteiger partial charge in [0.15, 0.2) is 0 Å². The van der Waals surface area contributed by atoms with Crippen LogP contribution in [0.3, 0.4) is 0 Å². The number of amides is 1. The molecule has 19 heavy (non-hydrogen) atoms. The van der Waals surface area contributed by atoms with Crippen molar-refractivity contribution in [1.29, 1.82) is 0 Å². The van der Waals surface area contributed by atoms with Gasteiger partial charge in [0, 0.05) is 16.9 Å². The maximum Gasteiger partial charge on any atom is 0.251 e. The second-order valence-corrected chi connectivity index (χ2v) is 6.29. The summed E-state index contributed by atoms with van der Waals surface area (Å²) < 4.78 is 13.2. The molecule has 0 aromatic heterocycles. The van der Waals surface area contributed by atoms with E-state index in [4.69, 9.17) is 5.73 Å². The molecular formula is C14H19FN2OS. The molecular weight excluding hydrogens is 263 g/mol. The number of hydrogen-bond acceptors (Lipinski definition) is 3. The summed E-state index contributed by atoms with van der Waals surface area (Å²) >= 11 is 1.82. The quantitative estimate of drug-likeness (QED) is 0.835. The molecule has 1 aromatic rings. The fourth-order valence-electron chi connectivity index (χ4n) is 2.50. The summed E-state index contributed by atoms with van der Waals surface area (Å²) in [6.07, 6.45) is 6.81. The van der Waals surface area contributed by atoms with E-state index in [1.54, 1.807) is 0 Å². The average molecular weight is 282 g/mol. The molecule has 1 aliphatic rings. The lowest BCUT2D eigenvalue weighted by atomic mass is 10.1. The van der Waals surface area contributed by atoms with Crippen molar-refractivity contribution in [3.8, 4) is 0 Å². The minimum Gasteiger partial charge on any atom is -0.396 e. The number of anilines is 1. The van der Waals surface area contributed by atoms with Gasteiger partial charge in [-0.15, -0.1) is 0 Å². The minimum absolute atomic E-state index is 0.00750. The van der Waals surface area contributed by atoms with Gasteiger partial charge in [0.05, 0.1) is 5.69 Å². The predicted molar refractivity (Wildman–Crippen MR) is 77.9 cm³/mol. The second kappa shape index (κ2) is 5.82. The largest absolute Gasteiger partial charge is 0.396 e. The molecule has 0 radical (unpaired) electrons. The Kier molecular flexibility index (Phi) is 4.34. The van der Waals surface area contributed by atoms with E-state index in [1.165, 1.54) is 31.0 Å². The van der Waals surface area contributed by atoms with Crippen molar-refractivity contribution in [3.05, 3.63) is 29.6 Å². The third-order valence-electron chi connectivity index (χ3n) is 3.78. The molecule has 1 aliphatic carbocycles. The summed E-state index contributed by atoms with van der Waals surface area (Å²) in [5, 5.41) is 2.94. The average Bonchev–Trinajstić information content (AvgIpc) is 2.89. The molecule has 3 nitrogen and oxygen atoms in total. The molecule has 104 valence electrons. The van der Waals surface area contributed by atoms with Gasteiger partial charge in [-0.3, -0.25) is 4.79 Å². The normalized spacial score (nSPS) is 17.4. The van der Waals surface area contributed by atoms with E-state index in [0.29, 0.717) is 12.1 Å². The minimum atomic E-state index is -0.493. The van der Waals surface area contributed by atoms with Gasteiger partial charge in [0.2, 0.25) is 0 Å². The number of rotatable bonds is 4. The maximum absolute atomic E-state index is 13.0. The lowest BCUT2D eigenvalue weighted by molar-refractivity contribution is 0.0949. The topological polar surface area (TPSA) is 55.1 Å².